The van der Waals surface area contributed by atoms with Gasteiger partial charge < -0.3 is 15.1 Å². The third-order valence-electron chi connectivity index (χ3n) is 4.48. The summed E-state index contributed by atoms with van der Waals surface area (Å²) in [5.74, 6) is 1.38. The van der Waals surface area contributed by atoms with Gasteiger partial charge in [0.25, 0.3) is 0 Å². The van der Waals surface area contributed by atoms with Gasteiger partial charge in [-0.05, 0) is 57.4 Å². The molecule has 1 saturated heterocycles. The molecule has 1 aromatic carbocycles. The monoisotopic (exact) mass is 326 g/mol. The Balaban J connectivity index is 1.68. The Labute approximate surface area is 143 Å². The average Bonchev–Trinajstić information content (AvgIpc) is 2.64. The van der Waals surface area contributed by atoms with Crippen LogP contribution in [0.5, 0.6) is 0 Å². The molecular formula is C18H26N6. The summed E-state index contributed by atoms with van der Waals surface area (Å²) < 4.78 is 0. The zero-order valence-electron chi connectivity index (χ0n) is 14.6. The molecule has 0 bridgehead atoms. The van der Waals surface area contributed by atoms with Gasteiger partial charge in [-0.3, -0.25) is 0 Å². The molecule has 1 aromatic heterocycles. The molecule has 1 fully saturated rings. The van der Waals surface area contributed by atoms with E-state index < -0.39 is 0 Å². The minimum Gasteiger partial charge on any atom is -0.372 e. The lowest BCUT2D eigenvalue weighted by atomic mass is 10.1. The number of benzene rings is 1. The molecule has 128 valence electrons. The lowest BCUT2D eigenvalue weighted by Crippen LogP contribution is -2.29. The van der Waals surface area contributed by atoms with Crippen LogP contribution in [0.4, 0.5) is 23.1 Å². The third kappa shape index (κ3) is 3.93. The maximum absolute atomic E-state index is 4.55. The second-order valence-corrected chi connectivity index (χ2v) is 6.03. The number of aromatic nitrogens is 3. The van der Waals surface area contributed by atoms with Gasteiger partial charge in [0.2, 0.25) is 5.95 Å². The lowest BCUT2D eigenvalue weighted by molar-refractivity contribution is 0.578. The van der Waals surface area contributed by atoms with E-state index in [1.54, 1.807) is 6.20 Å². The molecule has 0 unspecified atom stereocenters. The number of hydrogen-bond donors (Lipinski definition) is 1. The van der Waals surface area contributed by atoms with Crippen molar-refractivity contribution in [1.82, 2.24) is 15.2 Å². The number of anilines is 4. The van der Waals surface area contributed by atoms with Gasteiger partial charge in [0, 0.05) is 37.6 Å². The lowest BCUT2D eigenvalue weighted by Gasteiger charge is -2.28. The van der Waals surface area contributed by atoms with Crippen LogP contribution in [0.3, 0.4) is 0 Å². The maximum Gasteiger partial charge on any atom is 0.249 e. The minimum absolute atomic E-state index is 0.533. The number of nitrogens with one attached hydrogen (secondary N) is 1. The summed E-state index contributed by atoms with van der Waals surface area (Å²) in [6.07, 6.45) is 5.64. The Morgan fingerprint density at radius 3 is 2.42 bits per heavy atom. The number of hydrogen-bond acceptors (Lipinski definition) is 6. The Hall–Kier alpha value is -2.37. The van der Waals surface area contributed by atoms with Crippen LogP contribution in [0.15, 0.2) is 30.5 Å². The molecule has 24 heavy (non-hydrogen) atoms. The average molecular weight is 326 g/mol. The fourth-order valence-electron chi connectivity index (χ4n) is 3.08. The van der Waals surface area contributed by atoms with Crippen LogP contribution in [0, 0.1) is 0 Å². The molecule has 6 nitrogen and oxygen atoms in total. The van der Waals surface area contributed by atoms with Gasteiger partial charge in [-0.2, -0.15) is 10.1 Å². The zero-order valence-corrected chi connectivity index (χ0v) is 14.6. The standard InChI is InChI=1S/C18H26N6/c1-3-23(4-2)17-14-19-22-18(21-17)20-15-8-10-16(11-9-15)24-12-6-5-7-13-24/h8-11,14H,3-7,12-13H2,1-2H3,(H,20,21,22). The van der Waals surface area contributed by atoms with Crippen LogP contribution >= 0.6 is 0 Å². The van der Waals surface area contributed by atoms with E-state index in [1.165, 1.54) is 24.9 Å². The van der Waals surface area contributed by atoms with E-state index in [0.29, 0.717) is 5.95 Å². The van der Waals surface area contributed by atoms with E-state index in [2.05, 4.69) is 68.4 Å². The fraction of sp³-hybridized carbons (Fsp3) is 0.500. The topological polar surface area (TPSA) is 57.2 Å². The summed E-state index contributed by atoms with van der Waals surface area (Å²) >= 11 is 0. The third-order valence-corrected chi connectivity index (χ3v) is 4.48. The van der Waals surface area contributed by atoms with Gasteiger partial charge in [0.05, 0.1) is 6.20 Å². The Bertz CT molecular complexity index is 632. The molecule has 2 heterocycles. The SMILES string of the molecule is CCN(CC)c1cnnc(Nc2ccc(N3CCCCC3)cc2)n1. The summed E-state index contributed by atoms with van der Waals surface area (Å²) in [5, 5.41) is 11.4. The molecule has 0 amide bonds. The molecule has 1 aliphatic rings. The summed E-state index contributed by atoms with van der Waals surface area (Å²) in [4.78, 5) is 9.16. The summed E-state index contributed by atoms with van der Waals surface area (Å²) in [7, 11) is 0. The Morgan fingerprint density at radius 1 is 1.04 bits per heavy atom. The van der Waals surface area contributed by atoms with Crippen molar-refractivity contribution in [2.45, 2.75) is 33.1 Å². The van der Waals surface area contributed by atoms with Crippen molar-refractivity contribution in [3.63, 3.8) is 0 Å². The first-order chi connectivity index (χ1) is 11.8. The molecule has 0 atom stereocenters. The molecule has 0 spiro atoms. The summed E-state index contributed by atoms with van der Waals surface area (Å²) in [6, 6.07) is 8.49. The van der Waals surface area contributed by atoms with Crippen molar-refractivity contribution in [2.75, 3.05) is 41.3 Å². The van der Waals surface area contributed by atoms with E-state index in [1.807, 2.05) is 0 Å². The number of nitrogens with zero attached hydrogens (tertiary/aromatic N) is 5. The summed E-state index contributed by atoms with van der Waals surface area (Å²) in [6.45, 7) is 8.34. The van der Waals surface area contributed by atoms with Crippen molar-refractivity contribution < 1.29 is 0 Å². The molecule has 6 heteroatoms. The molecule has 0 aliphatic carbocycles. The van der Waals surface area contributed by atoms with Crippen molar-refractivity contribution >= 4 is 23.1 Å². The van der Waals surface area contributed by atoms with Crippen LogP contribution < -0.4 is 15.1 Å². The van der Waals surface area contributed by atoms with Crippen LogP contribution in [0.25, 0.3) is 0 Å². The largest absolute Gasteiger partial charge is 0.372 e. The second kappa shape index (κ2) is 7.95. The van der Waals surface area contributed by atoms with Crippen molar-refractivity contribution in [3.8, 4) is 0 Å². The number of piperidine rings is 1. The molecule has 2 aromatic rings. The first kappa shape index (κ1) is 16.5. The van der Waals surface area contributed by atoms with Crippen molar-refractivity contribution in [2.24, 2.45) is 0 Å². The smallest absolute Gasteiger partial charge is 0.249 e. The Kier molecular flexibility index (Phi) is 5.46. The van der Waals surface area contributed by atoms with Gasteiger partial charge in [0.15, 0.2) is 5.82 Å². The van der Waals surface area contributed by atoms with Gasteiger partial charge in [-0.1, -0.05) is 0 Å². The first-order valence-corrected chi connectivity index (χ1v) is 8.87. The molecule has 3 rings (SSSR count). The van der Waals surface area contributed by atoms with Crippen LogP contribution in [-0.4, -0.2) is 41.4 Å². The highest BCUT2D eigenvalue weighted by Gasteiger charge is 2.11. The van der Waals surface area contributed by atoms with Crippen molar-refractivity contribution in [3.05, 3.63) is 30.5 Å². The molecule has 0 saturated carbocycles. The predicted octanol–water partition coefficient (Wildman–Crippen LogP) is 3.45. The highest BCUT2D eigenvalue weighted by Crippen LogP contribution is 2.23. The number of rotatable bonds is 6. The van der Waals surface area contributed by atoms with E-state index in [0.717, 1.165) is 37.7 Å². The quantitative estimate of drug-likeness (QED) is 0.877. The van der Waals surface area contributed by atoms with E-state index in [4.69, 9.17) is 0 Å². The van der Waals surface area contributed by atoms with E-state index in [-0.39, 0.29) is 0 Å². The fourth-order valence-corrected chi connectivity index (χ4v) is 3.08. The first-order valence-electron chi connectivity index (χ1n) is 8.87. The minimum atomic E-state index is 0.533. The zero-order chi connectivity index (χ0) is 16.8. The van der Waals surface area contributed by atoms with Gasteiger partial charge in [-0.15, -0.1) is 5.10 Å². The normalized spacial score (nSPS) is 14.5. The van der Waals surface area contributed by atoms with Crippen LogP contribution in [0.1, 0.15) is 33.1 Å². The van der Waals surface area contributed by atoms with Crippen LogP contribution in [-0.2, 0) is 0 Å². The molecule has 0 radical (unpaired) electrons. The highest BCUT2D eigenvalue weighted by molar-refractivity contribution is 5.59. The van der Waals surface area contributed by atoms with Crippen molar-refractivity contribution in [1.29, 1.82) is 0 Å². The molecule has 1 N–H and O–H groups in total. The van der Waals surface area contributed by atoms with Gasteiger partial charge in [-0.25, -0.2) is 0 Å². The van der Waals surface area contributed by atoms with Crippen LogP contribution in [0.2, 0.25) is 0 Å². The molecular weight excluding hydrogens is 300 g/mol. The second-order valence-electron chi connectivity index (χ2n) is 6.03. The summed E-state index contributed by atoms with van der Waals surface area (Å²) in [5.41, 5.74) is 2.27. The van der Waals surface area contributed by atoms with Gasteiger partial charge >= 0.3 is 0 Å². The van der Waals surface area contributed by atoms with E-state index >= 15 is 0 Å². The Morgan fingerprint density at radius 2 is 1.75 bits per heavy atom. The highest BCUT2D eigenvalue weighted by atomic mass is 15.3. The van der Waals surface area contributed by atoms with Gasteiger partial charge in [0.1, 0.15) is 0 Å². The predicted molar refractivity (Wildman–Crippen MR) is 99.2 cm³/mol. The maximum atomic E-state index is 4.55. The molecule has 1 aliphatic heterocycles. The van der Waals surface area contributed by atoms with E-state index in [9.17, 15) is 0 Å².